The van der Waals surface area contributed by atoms with Crippen molar-refractivity contribution in [2.75, 3.05) is 0 Å². The molecule has 0 spiro atoms. The average Bonchev–Trinajstić information content (AvgIpc) is 2.25. The molecule has 3 nitrogen and oxygen atoms in total. The van der Waals surface area contributed by atoms with Gasteiger partial charge in [0, 0.05) is 5.92 Å². The minimum absolute atomic E-state index is 0.135. The summed E-state index contributed by atoms with van der Waals surface area (Å²) in [7, 11) is 0. The number of hydrogen-bond acceptors (Lipinski definition) is 3. The van der Waals surface area contributed by atoms with Gasteiger partial charge in [-0.05, 0) is 24.1 Å². The van der Waals surface area contributed by atoms with Crippen molar-refractivity contribution in [3.8, 4) is 5.75 Å². The molecule has 0 aliphatic rings. The number of hydrogen-bond donors (Lipinski definition) is 2. The van der Waals surface area contributed by atoms with Gasteiger partial charge in [-0.25, -0.2) is 0 Å². The number of oxime groups is 1. The maximum absolute atomic E-state index is 9.16. The molecule has 0 bridgehead atoms. The van der Waals surface area contributed by atoms with E-state index in [4.69, 9.17) is 10.3 Å². The summed E-state index contributed by atoms with van der Waals surface area (Å²) in [5.74, 6) is 0.393. The van der Waals surface area contributed by atoms with Gasteiger partial charge in [-0.1, -0.05) is 31.9 Å². The predicted octanol–water partition coefficient (Wildman–Crippen LogP) is 3.13. The third-order valence-corrected chi connectivity index (χ3v) is 2.44. The molecule has 0 saturated carbocycles. The van der Waals surface area contributed by atoms with Crippen LogP contribution in [0.25, 0.3) is 0 Å². The van der Waals surface area contributed by atoms with Crippen LogP contribution in [0.2, 0.25) is 0 Å². The van der Waals surface area contributed by atoms with Gasteiger partial charge in [-0.2, -0.15) is 0 Å². The first-order valence-electron chi connectivity index (χ1n) is 5.24. The molecule has 1 aromatic carbocycles. The van der Waals surface area contributed by atoms with E-state index >= 15 is 0 Å². The summed E-state index contributed by atoms with van der Waals surface area (Å²) in [4.78, 5) is 0. The minimum Gasteiger partial charge on any atom is -0.508 e. The van der Waals surface area contributed by atoms with E-state index in [1.807, 2.05) is 12.1 Å². The fourth-order valence-corrected chi connectivity index (χ4v) is 1.55. The van der Waals surface area contributed by atoms with Crippen LogP contribution in [0, 0.1) is 0 Å². The maximum Gasteiger partial charge on any atom is 0.115 e. The summed E-state index contributed by atoms with van der Waals surface area (Å²) in [5, 5.41) is 20.8. The highest BCUT2D eigenvalue weighted by Crippen LogP contribution is 2.22. The molecule has 1 unspecified atom stereocenters. The average molecular weight is 207 g/mol. The highest BCUT2D eigenvalue weighted by atomic mass is 16.4. The Hall–Kier alpha value is -1.51. The van der Waals surface area contributed by atoms with Crippen LogP contribution < -0.4 is 0 Å². The lowest BCUT2D eigenvalue weighted by atomic mass is 9.95. The van der Waals surface area contributed by atoms with Crippen molar-refractivity contribution in [3.05, 3.63) is 29.8 Å². The Morgan fingerprint density at radius 3 is 2.53 bits per heavy atom. The van der Waals surface area contributed by atoms with Gasteiger partial charge in [0.2, 0.25) is 0 Å². The molecule has 82 valence electrons. The molecule has 0 fully saturated rings. The Morgan fingerprint density at radius 1 is 1.33 bits per heavy atom. The number of aromatic hydroxyl groups is 1. The van der Waals surface area contributed by atoms with Gasteiger partial charge in [-0.15, -0.1) is 5.16 Å². The highest BCUT2D eigenvalue weighted by Gasteiger charge is 2.08. The number of benzene rings is 1. The van der Waals surface area contributed by atoms with Crippen LogP contribution in [0.4, 0.5) is 0 Å². The van der Waals surface area contributed by atoms with Gasteiger partial charge in [0.1, 0.15) is 5.75 Å². The third-order valence-electron chi connectivity index (χ3n) is 2.44. The van der Waals surface area contributed by atoms with Crippen LogP contribution in [0.1, 0.15) is 37.7 Å². The zero-order chi connectivity index (χ0) is 11.1. The molecule has 1 atom stereocenters. The fourth-order valence-electron chi connectivity index (χ4n) is 1.55. The molecular formula is C12H17NO2. The second-order valence-corrected chi connectivity index (χ2v) is 3.60. The van der Waals surface area contributed by atoms with Crippen molar-refractivity contribution >= 4 is 6.21 Å². The monoisotopic (exact) mass is 207 g/mol. The van der Waals surface area contributed by atoms with Crippen LogP contribution in [0.3, 0.4) is 0 Å². The standard InChI is InChI=1S/C12H17NO2/c1-2-3-4-11(9-13-15)10-5-7-12(14)8-6-10/h5-9,11,14-15H,2-4H2,1H3. The van der Waals surface area contributed by atoms with Gasteiger partial charge in [0.25, 0.3) is 0 Å². The molecule has 3 heteroatoms. The summed E-state index contributed by atoms with van der Waals surface area (Å²) >= 11 is 0. The first-order chi connectivity index (χ1) is 7.27. The van der Waals surface area contributed by atoms with E-state index in [1.165, 1.54) is 0 Å². The zero-order valence-corrected chi connectivity index (χ0v) is 8.93. The Labute approximate surface area is 90.1 Å². The lowest BCUT2D eigenvalue weighted by Gasteiger charge is -2.11. The summed E-state index contributed by atoms with van der Waals surface area (Å²) < 4.78 is 0. The molecule has 1 rings (SSSR count). The normalized spacial score (nSPS) is 13.1. The van der Waals surface area contributed by atoms with Gasteiger partial charge < -0.3 is 10.3 Å². The lowest BCUT2D eigenvalue weighted by molar-refractivity contribution is 0.319. The number of nitrogens with zero attached hydrogens (tertiary/aromatic N) is 1. The summed E-state index contributed by atoms with van der Waals surface area (Å²) in [6.07, 6.45) is 4.72. The Kier molecular flexibility index (Phi) is 4.68. The summed E-state index contributed by atoms with van der Waals surface area (Å²) in [5.41, 5.74) is 1.07. The number of rotatable bonds is 5. The van der Waals surface area contributed by atoms with Crippen LogP contribution >= 0.6 is 0 Å². The molecule has 0 radical (unpaired) electrons. The van der Waals surface area contributed by atoms with E-state index < -0.39 is 0 Å². The van der Waals surface area contributed by atoms with Crippen LogP contribution in [-0.2, 0) is 0 Å². The number of phenols is 1. The highest BCUT2D eigenvalue weighted by molar-refractivity contribution is 5.67. The fraction of sp³-hybridized carbons (Fsp3) is 0.417. The molecule has 15 heavy (non-hydrogen) atoms. The van der Waals surface area contributed by atoms with Crippen LogP contribution in [0.5, 0.6) is 5.75 Å². The van der Waals surface area contributed by atoms with Crippen molar-refractivity contribution in [2.45, 2.75) is 32.1 Å². The van der Waals surface area contributed by atoms with E-state index in [-0.39, 0.29) is 11.7 Å². The molecule has 0 aliphatic heterocycles. The van der Waals surface area contributed by atoms with Gasteiger partial charge in [0.15, 0.2) is 0 Å². The maximum atomic E-state index is 9.16. The van der Waals surface area contributed by atoms with Crippen molar-refractivity contribution in [2.24, 2.45) is 5.16 Å². The van der Waals surface area contributed by atoms with Gasteiger partial charge in [-0.3, -0.25) is 0 Å². The number of unbranched alkanes of at least 4 members (excludes halogenated alkanes) is 1. The molecule has 1 aromatic rings. The SMILES string of the molecule is CCCCC(C=NO)c1ccc(O)cc1. The Bertz CT molecular complexity index is 306. The lowest BCUT2D eigenvalue weighted by Crippen LogP contribution is -2.00. The summed E-state index contributed by atoms with van der Waals surface area (Å²) in [6.45, 7) is 2.13. The van der Waals surface area contributed by atoms with E-state index in [2.05, 4.69) is 12.1 Å². The Balaban J connectivity index is 2.74. The molecule has 0 aromatic heterocycles. The van der Waals surface area contributed by atoms with Gasteiger partial charge in [0.05, 0.1) is 6.21 Å². The number of phenolic OH excluding ortho intramolecular Hbond substituents is 1. The van der Waals surface area contributed by atoms with E-state index in [1.54, 1.807) is 18.3 Å². The quantitative estimate of drug-likeness (QED) is 0.443. The minimum atomic E-state index is 0.135. The van der Waals surface area contributed by atoms with E-state index in [0.717, 1.165) is 24.8 Å². The smallest absolute Gasteiger partial charge is 0.115 e. The zero-order valence-electron chi connectivity index (χ0n) is 8.93. The topological polar surface area (TPSA) is 52.8 Å². The van der Waals surface area contributed by atoms with Crippen molar-refractivity contribution in [1.29, 1.82) is 0 Å². The first-order valence-corrected chi connectivity index (χ1v) is 5.24. The van der Waals surface area contributed by atoms with Crippen molar-refractivity contribution < 1.29 is 10.3 Å². The molecule has 2 N–H and O–H groups in total. The largest absolute Gasteiger partial charge is 0.508 e. The molecule has 0 amide bonds. The second-order valence-electron chi connectivity index (χ2n) is 3.60. The van der Waals surface area contributed by atoms with Crippen molar-refractivity contribution in [1.82, 2.24) is 0 Å². The molecule has 0 aliphatic carbocycles. The third kappa shape index (κ3) is 3.62. The predicted molar refractivity (Wildman–Crippen MR) is 60.7 cm³/mol. The molecular weight excluding hydrogens is 190 g/mol. The van der Waals surface area contributed by atoms with Crippen molar-refractivity contribution in [3.63, 3.8) is 0 Å². The van der Waals surface area contributed by atoms with Crippen LogP contribution in [-0.4, -0.2) is 16.5 Å². The molecule has 0 saturated heterocycles. The second kappa shape index (κ2) is 6.06. The Morgan fingerprint density at radius 2 is 2.00 bits per heavy atom. The van der Waals surface area contributed by atoms with Gasteiger partial charge >= 0.3 is 0 Å². The molecule has 0 heterocycles. The van der Waals surface area contributed by atoms with E-state index in [0.29, 0.717) is 0 Å². The van der Waals surface area contributed by atoms with E-state index in [9.17, 15) is 0 Å². The summed E-state index contributed by atoms with van der Waals surface area (Å²) in [6, 6.07) is 7.02. The first kappa shape index (κ1) is 11.6. The van der Waals surface area contributed by atoms with Crippen LogP contribution in [0.15, 0.2) is 29.4 Å².